The standard InChI is InChI=1S/C22H38N4O2/c1-6-23-22(24-11-7-8-17(2)3)25-18-9-12-26(13-10-18)19-14-20(27-4)16-21(15-19)28-5/h14-18H,6-13H2,1-5H3,(H2,23,24,25). The Labute approximate surface area is 170 Å². The highest BCUT2D eigenvalue weighted by Gasteiger charge is 2.21. The Morgan fingerprint density at radius 2 is 1.79 bits per heavy atom. The van der Waals surface area contributed by atoms with E-state index in [4.69, 9.17) is 14.5 Å². The Morgan fingerprint density at radius 3 is 2.32 bits per heavy atom. The maximum Gasteiger partial charge on any atom is 0.191 e. The minimum Gasteiger partial charge on any atom is -0.497 e. The van der Waals surface area contributed by atoms with Crippen molar-refractivity contribution in [2.75, 3.05) is 45.3 Å². The van der Waals surface area contributed by atoms with Crippen LogP contribution in [0.2, 0.25) is 0 Å². The molecule has 1 aromatic rings. The Morgan fingerprint density at radius 1 is 1.14 bits per heavy atom. The number of guanidine groups is 1. The Balaban J connectivity index is 1.88. The average Bonchev–Trinajstić information content (AvgIpc) is 2.71. The number of benzene rings is 1. The van der Waals surface area contributed by atoms with Crippen molar-refractivity contribution in [3.63, 3.8) is 0 Å². The van der Waals surface area contributed by atoms with Crippen LogP contribution in [0.4, 0.5) is 5.69 Å². The van der Waals surface area contributed by atoms with Crippen molar-refractivity contribution >= 4 is 11.6 Å². The van der Waals surface area contributed by atoms with Crippen LogP contribution in [0.5, 0.6) is 11.5 Å². The van der Waals surface area contributed by atoms with Crippen LogP contribution in [0.1, 0.15) is 46.5 Å². The number of rotatable bonds is 9. The van der Waals surface area contributed by atoms with Crippen LogP contribution < -0.4 is 25.0 Å². The van der Waals surface area contributed by atoms with Crippen LogP contribution in [-0.2, 0) is 0 Å². The molecule has 158 valence electrons. The van der Waals surface area contributed by atoms with Crippen LogP contribution >= 0.6 is 0 Å². The molecule has 28 heavy (non-hydrogen) atoms. The van der Waals surface area contributed by atoms with Gasteiger partial charge in [0.05, 0.1) is 14.2 Å². The van der Waals surface area contributed by atoms with Gasteiger partial charge in [0.15, 0.2) is 5.96 Å². The average molecular weight is 391 g/mol. The molecule has 1 aliphatic heterocycles. The number of methoxy groups -OCH3 is 2. The smallest absolute Gasteiger partial charge is 0.191 e. The molecule has 0 atom stereocenters. The minimum absolute atomic E-state index is 0.451. The van der Waals surface area contributed by atoms with E-state index in [0.717, 1.165) is 74.5 Å². The Bertz CT molecular complexity index is 588. The zero-order chi connectivity index (χ0) is 20.4. The largest absolute Gasteiger partial charge is 0.497 e. The van der Waals surface area contributed by atoms with Crippen molar-refractivity contribution in [3.8, 4) is 11.5 Å². The molecule has 1 saturated heterocycles. The van der Waals surface area contributed by atoms with Gasteiger partial charge < -0.3 is 25.0 Å². The number of piperidine rings is 1. The Kier molecular flexibility index (Phi) is 9.24. The highest BCUT2D eigenvalue weighted by molar-refractivity contribution is 5.80. The molecule has 1 fully saturated rings. The lowest BCUT2D eigenvalue weighted by atomic mass is 10.0. The fourth-order valence-corrected chi connectivity index (χ4v) is 3.46. The molecule has 0 amide bonds. The maximum atomic E-state index is 5.41. The molecule has 2 N–H and O–H groups in total. The second kappa shape index (κ2) is 11.7. The summed E-state index contributed by atoms with van der Waals surface area (Å²) in [7, 11) is 3.38. The van der Waals surface area contributed by atoms with E-state index >= 15 is 0 Å². The zero-order valence-corrected chi connectivity index (χ0v) is 18.3. The lowest BCUT2D eigenvalue weighted by molar-refractivity contribution is 0.393. The summed E-state index contributed by atoms with van der Waals surface area (Å²) < 4.78 is 10.8. The quantitative estimate of drug-likeness (QED) is 0.383. The SMILES string of the molecule is CCNC(=NCCCC(C)C)NC1CCN(c2cc(OC)cc(OC)c2)CC1. The van der Waals surface area contributed by atoms with E-state index < -0.39 is 0 Å². The lowest BCUT2D eigenvalue weighted by Crippen LogP contribution is -2.48. The first-order valence-corrected chi connectivity index (χ1v) is 10.6. The molecule has 6 heteroatoms. The third kappa shape index (κ3) is 7.13. The molecule has 6 nitrogen and oxygen atoms in total. The zero-order valence-electron chi connectivity index (χ0n) is 18.3. The van der Waals surface area contributed by atoms with Gasteiger partial charge in [0.25, 0.3) is 0 Å². The van der Waals surface area contributed by atoms with Crippen molar-refractivity contribution in [1.29, 1.82) is 0 Å². The Hall–Kier alpha value is -2.11. The van der Waals surface area contributed by atoms with E-state index in [-0.39, 0.29) is 0 Å². The van der Waals surface area contributed by atoms with E-state index in [1.54, 1.807) is 14.2 Å². The molecule has 0 unspecified atom stereocenters. The maximum absolute atomic E-state index is 5.41. The second-order valence-electron chi connectivity index (χ2n) is 7.77. The van der Waals surface area contributed by atoms with Crippen molar-refractivity contribution in [2.45, 2.75) is 52.5 Å². The highest BCUT2D eigenvalue weighted by atomic mass is 16.5. The summed E-state index contributed by atoms with van der Waals surface area (Å²) in [5.74, 6) is 3.35. The number of ether oxygens (including phenoxy) is 2. The number of aliphatic imine (C=N–C) groups is 1. The summed E-state index contributed by atoms with van der Waals surface area (Å²) in [6, 6.07) is 6.52. The van der Waals surface area contributed by atoms with Gasteiger partial charge in [-0.1, -0.05) is 13.8 Å². The predicted octanol–water partition coefficient (Wildman–Crippen LogP) is 3.66. The summed E-state index contributed by atoms with van der Waals surface area (Å²) in [4.78, 5) is 7.15. The summed E-state index contributed by atoms with van der Waals surface area (Å²) in [6.07, 6.45) is 4.53. The molecule has 0 aromatic heterocycles. The van der Waals surface area contributed by atoms with Gasteiger partial charge in [0.1, 0.15) is 11.5 Å². The van der Waals surface area contributed by atoms with Gasteiger partial charge in [0.2, 0.25) is 0 Å². The first-order chi connectivity index (χ1) is 13.5. The van der Waals surface area contributed by atoms with E-state index in [1.807, 2.05) is 6.07 Å². The van der Waals surface area contributed by atoms with E-state index in [2.05, 4.69) is 48.4 Å². The van der Waals surface area contributed by atoms with Crippen molar-refractivity contribution < 1.29 is 9.47 Å². The fraction of sp³-hybridized carbons (Fsp3) is 0.682. The van der Waals surface area contributed by atoms with Gasteiger partial charge in [0, 0.05) is 56.1 Å². The van der Waals surface area contributed by atoms with Crippen LogP contribution in [0, 0.1) is 5.92 Å². The minimum atomic E-state index is 0.451. The molecule has 1 aromatic carbocycles. The van der Waals surface area contributed by atoms with Gasteiger partial charge >= 0.3 is 0 Å². The van der Waals surface area contributed by atoms with Crippen LogP contribution in [0.15, 0.2) is 23.2 Å². The second-order valence-corrected chi connectivity index (χ2v) is 7.77. The molecular weight excluding hydrogens is 352 g/mol. The molecule has 0 bridgehead atoms. The summed E-state index contributed by atoms with van der Waals surface area (Å²) >= 11 is 0. The number of hydrogen-bond acceptors (Lipinski definition) is 4. The van der Waals surface area contributed by atoms with Gasteiger partial charge in [-0.05, 0) is 38.5 Å². The van der Waals surface area contributed by atoms with Gasteiger partial charge in [-0.25, -0.2) is 0 Å². The normalized spacial score (nSPS) is 15.6. The monoisotopic (exact) mass is 390 g/mol. The van der Waals surface area contributed by atoms with E-state index in [1.165, 1.54) is 6.42 Å². The number of hydrogen-bond donors (Lipinski definition) is 2. The van der Waals surface area contributed by atoms with E-state index in [0.29, 0.717) is 6.04 Å². The molecule has 0 saturated carbocycles. The van der Waals surface area contributed by atoms with Gasteiger partial charge in [-0.15, -0.1) is 0 Å². The van der Waals surface area contributed by atoms with Crippen LogP contribution in [0.25, 0.3) is 0 Å². The third-order valence-electron chi connectivity index (χ3n) is 5.09. The van der Waals surface area contributed by atoms with Gasteiger partial charge in [-0.2, -0.15) is 0 Å². The first kappa shape index (κ1) is 22.2. The first-order valence-electron chi connectivity index (χ1n) is 10.6. The summed E-state index contributed by atoms with van der Waals surface area (Å²) in [5, 5.41) is 7.01. The molecule has 0 aliphatic carbocycles. The van der Waals surface area contributed by atoms with E-state index in [9.17, 15) is 0 Å². The van der Waals surface area contributed by atoms with Crippen molar-refractivity contribution in [2.24, 2.45) is 10.9 Å². The molecule has 0 spiro atoms. The molecular formula is C22H38N4O2. The van der Waals surface area contributed by atoms with Crippen LogP contribution in [-0.4, -0.2) is 52.4 Å². The summed E-state index contributed by atoms with van der Waals surface area (Å²) in [5.41, 5.74) is 1.16. The van der Waals surface area contributed by atoms with Crippen molar-refractivity contribution in [1.82, 2.24) is 10.6 Å². The third-order valence-corrected chi connectivity index (χ3v) is 5.09. The fourth-order valence-electron chi connectivity index (χ4n) is 3.46. The number of anilines is 1. The molecule has 1 aliphatic rings. The molecule has 0 radical (unpaired) electrons. The van der Waals surface area contributed by atoms with Gasteiger partial charge in [-0.3, -0.25) is 4.99 Å². The predicted molar refractivity (Wildman–Crippen MR) is 118 cm³/mol. The van der Waals surface area contributed by atoms with Crippen molar-refractivity contribution in [3.05, 3.63) is 18.2 Å². The lowest BCUT2D eigenvalue weighted by Gasteiger charge is -2.34. The number of nitrogens with zero attached hydrogens (tertiary/aromatic N) is 2. The number of nitrogens with one attached hydrogen (secondary N) is 2. The topological polar surface area (TPSA) is 58.1 Å². The summed E-state index contributed by atoms with van der Waals surface area (Å²) in [6.45, 7) is 10.4. The molecule has 1 heterocycles. The van der Waals surface area contributed by atoms with Crippen LogP contribution in [0.3, 0.4) is 0 Å². The molecule has 2 rings (SSSR count). The highest BCUT2D eigenvalue weighted by Crippen LogP contribution is 2.30.